The molecule has 0 aromatic carbocycles. The molecule has 0 bridgehead atoms. The van der Waals surface area contributed by atoms with Crippen LogP contribution >= 0.6 is 0 Å². The Kier molecular flexibility index (Phi) is 7.04. The zero-order valence-corrected chi connectivity index (χ0v) is 25.3. The molecule has 5 nitrogen and oxygen atoms in total. The van der Waals surface area contributed by atoms with E-state index in [9.17, 15) is 9.90 Å². The summed E-state index contributed by atoms with van der Waals surface area (Å²) >= 11 is 0. The third-order valence-electron chi connectivity index (χ3n) is 14.2. The molecule has 0 spiro atoms. The number of hydrogen-bond donors (Lipinski definition) is 1. The lowest BCUT2D eigenvalue weighted by Crippen LogP contribution is -2.66. The van der Waals surface area contributed by atoms with E-state index in [1.807, 2.05) is 0 Å². The van der Waals surface area contributed by atoms with Crippen molar-refractivity contribution in [2.45, 2.75) is 129 Å². The second-order valence-electron chi connectivity index (χ2n) is 16.1. The van der Waals surface area contributed by atoms with Crippen LogP contribution in [-0.4, -0.2) is 84.6 Å². The summed E-state index contributed by atoms with van der Waals surface area (Å²) in [5, 5.41) is 11.5. The van der Waals surface area contributed by atoms with E-state index in [2.05, 4.69) is 27.9 Å². The molecule has 0 unspecified atom stereocenters. The smallest absolute Gasteiger partial charge is 0.303 e. The van der Waals surface area contributed by atoms with Crippen molar-refractivity contribution in [2.24, 2.45) is 34.5 Å². The number of likely N-dealkylation sites (tertiary alicyclic amines) is 2. The van der Waals surface area contributed by atoms with Crippen molar-refractivity contribution in [3.8, 4) is 0 Å². The number of carbonyl (C=O) groups excluding carboxylic acids is 1. The lowest BCUT2D eigenvalue weighted by atomic mass is 9.44. The normalized spacial score (nSPS) is 49.8. The fourth-order valence-electron chi connectivity index (χ4n) is 12.0. The maximum Gasteiger partial charge on any atom is 0.303 e. The zero-order chi connectivity index (χ0) is 26.9. The topological polar surface area (TPSA) is 46.5 Å². The number of esters is 1. The Hall–Kier alpha value is -0.650. The number of likely N-dealkylation sites (N-methyl/N-ethyl adjacent to an activating group) is 2. The van der Waals surface area contributed by atoms with E-state index in [-0.39, 0.29) is 23.6 Å². The SMILES string of the molecule is CC(=O)O[C@H]1[C@@H]([N+]2(C)CCCCC2)C[C@H]2[C@@H]3CC[C@H]4C[C@H](O)[C@@H]([N+]5(C)CCCCC5)C[C@]4(C)[C@H]3CC[C@@]21C. The molecule has 2 heterocycles. The van der Waals surface area contributed by atoms with Gasteiger partial charge in [0.2, 0.25) is 0 Å². The first-order valence-corrected chi connectivity index (χ1v) is 16.5. The van der Waals surface area contributed by atoms with Crippen LogP contribution in [0.15, 0.2) is 0 Å². The predicted octanol–water partition coefficient (Wildman–Crippen LogP) is 5.54. The number of piperidine rings is 2. The first kappa shape index (κ1) is 27.5. The van der Waals surface area contributed by atoms with Crippen molar-refractivity contribution in [1.82, 2.24) is 0 Å². The van der Waals surface area contributed by atoms with Gasteiger partial charge < -0.3 is 18.8 Å². The van der Waals surface area contributed by atoms with Gasteiger partial charge in [-0.1, -0.05) is 13.8 Å². The van der Waals surface area contributed by atoms with Crippen LogP contribution in [0.25, 0.3) is 0 Å². The molecular weight excluding hydrogens is 472 g/mol. The largest absolute Gasteiger partial charge is 0.456 e. The van der Waals surface area contributed by atoms with Crippen molar-refractivity contribution >= 4 is 5.97 Å². The molecule has 0 radical (unpaired) electrons. The molecule has 216 valence electrons. The Balaban J connectivity index is 1.30. The molecule has 1 N–H and O–H groups in total. The molecule has 0 amide bonds. The van der Waals surface area contributed by atoms with Crippen LogP contribution in [0, 0.1) is 34.5 Å². The lowest BCUT2D eigenvalue weighted by molar-refractivity contribution is -0.943. The minimum Gasteiger partial charge on any atom is -0.456 e. The van der Waals surface area contributed by atoms with Gasteiger partial charge in [-0.2, -0.15) is 0 Å². The highest BCUT2D eigenvalue weighted by Gasteiger charge is 2.67. The summed E-state index contributed by atoms with van der Waals surface area (Å²) in [6.07, 6.45) is 16.5. The summed E-state index contributed by atoms with van der Waals surface area (Å²) < 4.78 is 8.58. The summed E-state index contributed by atoms with van der Waals surface area (Å²) in [7, 11) is 4.94. The zero-order valence-electron chi connectivity index (χ0n) is 25.3. The van der Waals surface area contributed by atoms with Crippen LogP contribution in [0.1, 0.15) is 104 Å². The molecule has 0 aromatic heterocycles. The van der Waals surface area contributed by atoms with Crippen LogP contribution in [0.3, 0.4) is 0 Å². The number of fused-ring (bicyclic) bond motifs is 5. The van der Waals surface area contributed by atoms with Gasteiger partial charge in [0.1, 0.15) is 18.2 Å². The third kappa shape index (κ3) is 4.23. The monoisotopic (exact) mass is 530 g/mol. The summed E-state index contributed by atoms with van der Waals surface area (Å²) in [4.78, 5) is 12.5. The molecule has 6 aliphatic rings. The second-order valence-corrected chi connectivity index (χ2v) is 16.1. The first-order valence-electron chi connectivity index (χ1n) is 16.5. The fourth-order valence-corrected chi connectivity index (χ4v) is 12.0. The highest BCUT2D eigenvalue weighted by atomic mass is 16.5. The van der Waals surface area contributed by atoms with Crippen LogP contribution in [0.4, 0.5) is 0 Å². The number of carbonyl (C=O) groups is 1. The van der Waals surface area contributed by atoms with E-state index in [4.69, 9.17) is 4.74 Å². The number of aliphatic hydroxyl groups is 1. The van der Waals surface area contributed by atoms with Gasteiger partial charge in [0.05, 0.1) is 40.3 Å². The fraction of sp³-hybridized carbons (Fsp3) is 0.970. The van der Waals surface area contributed by atoms with Crippen molar-refractivity contribution in [1.29, 1.82) is 0 Å². The number of hydrogen-bond acceptors (Lipinski definition) is 3. The molecule has 5 heteroatoms. The van der Waals surface area contributed by atoms with E-state index in [1.54, 1.807) is 6.92 Å². The summed E-state index contributed by atoms with van der Waals surface area (Å²) in [5.74, 6) is 2.76. The molecule has 10 atom stereocenters. The quantitative estimate of drug-likeness (QED) is 0.385. The van der Waals surface area contributed by atoms with Gasteiger partial charge >= 0.3 is 5.97 Å². The van der Waals surface area contributed by atoms with Gasteiger partial charge in [0.25, 0.3) is 0 Å². The molecule has 38 heavy (non-hydrogen) atoms. The van der Waals surface area contributed by atoms with Crippen molar-refractivity contribution in [2.75, 3.05) is 40.3 Å². The number of ether oxygens (including phenoxy) is 1. The first-order chi connectivity index (χ1) is 18.0. The minimum absolute atomic E-state index is 0.0679. The van der Waals surface area contributed by atoms with Gasteiger partial charge in [-0.05, 0) is 99.7 Å². The highest BCUT2D eigenvalue weighted by Crippen LogP contribution is 2.67. The van der Waals surface area contributed by atoms with Gasteiger partial charge in [-0.15, -0.1) is 0 Å². The number of nitrogens with zero attached hydrogens (tertiary/aromatic N) is 2. The van der Waals surface area contributed by atoms with Crippen LogP contribution < -0.4 is 0 Å². The molecule has 6 fully saturated rings. The maximum absolute atomic E-state index is 12.5. The summed E-state index contributed by atoms with van der Waals surface area (Å²) in [6.45, 7) is 11.8. The van der Waals surface area contributed by atoms with E-state index in [0.717, 1.165) is 27.2 Å². The maximum atomic E-state index is 12.5. The minimum atomic E-state index is -0.130. The van der Waals surface area contributed by atoms with Crippen molar-refractivity contribution in [3.63, 3.8) is 0 Å². The van der Waals surface area contributed by atoms with E-state index >= 15 is 0 Å². The number of rotatable bonds is 3. The predicted molar refractivity (Wildman–Crippen MR) is 151 cm³/mol. The van der Waals surface area contributed by atoms with Gasteiger partial charge in [0.15, 0.2) is 6.10 Å². The molecular formula is C33H58N2O3+2. The Labute approximate surface area is 232 Å². The van der Waals surface area contributed by atoms with Gasteiger partial charge in [0, 0.05) is 25.2 Å². The number of aliphatic hydroxyl groups excluding tert-OH is 1. The summed E-state index contributed by atoms with van der Waals surface area (Å²) in [5.41, 5.74) is 0.448. The molecule has 0 aromatic rings. The standard InChI is InChI=1S/C33H58N2O3/c1-23(36)38-31-28(34(4)16-8-6-9-17-34)21-27-25-13-12-24-20-30(37)29(35(5)18-10-7-11-19-35)22-33(24,3)26(25)14-15-32(27,31)2/h24-31,37H,6-22H2,1-5H3/q+2/t24-,25+,26-,27-,28-,29-,30-,31-,32-,33-/m0/s1. The molecule has 2 aliphatic heterocycles. The van der Waals surface area contributed by atoms with Crippen molar-refractivity contribution < 1.29 is 23.6 Å². The Morgan fingerprint density at radius 2 is 1.39 bits per heavy atom. The Bertz CT molecular complexity index is 895. The number of quaternary nitrogens is 2. The Morgan fingerprint density at radius 3 is 2.00 bits per heavy atom. The van der Waals surface area contributed by atoms with Gasteiger partial charge in [-0.25, -0.2) is 0 Å². The van der Waals surface area contributed by atoms with Crippen LogP contribution in [0.5, 0.6) is 0 Å². The molecule has 6 rings (SSSR count). The molecule has 4 aliphatic carbocycles. The Morgan fingerprint density at radius 1 is 0.789 bits per heavy atom. The average Bonchev–Trinajstić information content (AvgIpc) is 3.17. The second kappa shape index (κ2) is 9.72. The molecule has 4 saturated carbocycles. The van der Waals surface area contributed by atoms with Crippen molar-refractivity contribution in [3.05, 3.63) is 0 Å². The highest BCUT2D eigenvalue weighted by molar-refractivity contribution is 5.66. The van der Waals surface area contributed by atoms with Crippen LogP contribution in [-0.2, 0) is 9.53 Å². The van der Waals surface area contributed by atoms with E-state index in [1.165, 1.54) is 103 Å². The average molecular weight is 531 g/mol. The summed E-state index contributed by atoms with van der Waals surface area (Å²) in [6, 6.07) is 0.865. The third-order valence-corrected chi connectivity index (χ3v) is 14.2. The van der Waals surface area contributed by atoms with Crippen LogP contribution in [0.2, 0.25) is 0 Å². The van der Waals surface area contributed by atoms with E-state index in [0.29, 0.717) is 29.3 Å². The van der Waals surface area contributed by atoms with Gasteiger partial charge in [-0.3, -0.25) is 4.79 Å². The lowest BCUT2D eigenvalue weighted by Gasteiger charge is -2.63. The molecule has 2 saturated heterocycles. The van der Waals surface area contributed by atoms with E-state index < -0.39 is 0 Å².